The number of ether oxygens (including phenoxy) is 4. The van der Waals surface area contributed by atoms with Crippen molar-refractivity contribution in [3.8, 4) is 33.5 Å². The van der Waals surface area contributed by atoms with Crippen molar-refractivity contribution in [1.29, 1.82) is 0 Å². The number of amides is 4. The fourth-order valence-corrected chi connectivity index (χ4v) is 9.95. The largest absolute Gasteiger partial charge is 0.453 e. The SMILES string of the molecule is COC(=O)NCC(=O)N1CC2(C[C@H]1c1ncc(-c3ccc4c(c3)C(F)(F)c3cc(-c5ccc6nc([C@@H]7[C@H]8CC[C@H](C8)N7C(=O)CNC(=O)OC)[nH]c6c5)ccc3-4)[nH]1)OCCO2. The second-order valence-corrected chi connectivity index (χ2v) is 16.1. The molecule has 2 bridgehead atoms. The third-order valence-electron chi connectivity index (χ3n) is 12.8. The van der Waals surface area contributed by atoms with Crippen molar-refractivity contribution in [2.45, 2.75) is 55.5 Å². The molecule has 18 heteroatoms. The van der Waals surface area contributed by atoms with Crippen LogP contribution >= 0.6 is 0 Å². The molecule has 4 N–H and O–H groups in total. The van der Waals surface area contributed by atoms with Gasteiger partial charge >= 0.3 is 12.2 Å². The molecule has 1 spiro atoms. The van der Waals surface area contributed by atoms with Crippen molar-refractivity contribution >= 4 is 35.0 Å². The molecule has 3 saturated heterocycles. The fourth-order valence-electron chi connectivity index (χ4n) is 9.95. The minimum atomic E-state index is -3.31. The summed E-state index contributed by atoms with van der Waals surface area (Å²) >= 11 is 0. The standard InChI is InChI=1S/C43H42F2N8O8/c1-58-40(56)47-19-35(54)52-21-42(60-11-12-61-42)17-34(52)38-46-18-33(51-38)24-5-9-28-27-8-4-22(14-29(27)43(44,45)30(28)15-24)23-6-10-31-32(16-23)50-39(49-31)37-25-3-7-26(13-25)53(37)36(55)20-48-41(57)59-2/h4-6,8-10,14-16,18,25-26,34,37H,3,7,11-13,17,19-21H2,1-2H3,(H,46,51)(H,47,56)(H,48,57)(H,49,50)/t25-,26+,34-,37-/m0/s1. The number of imidazole rings is 2. The Morgan fingerprint density at radius 1 is 0.836 bits per heavy atom. The highest BCUT2D eigenvalue weighted by Crippen LogP contribution is 2.53. The van der Waals surface area contributed by atoms with Crippen LogP contribution in [0.4, 0.5) is 18.4 Å². The van der Waals surface area contributed by atoms with E-state index < -0.39 is 35.8 Å². The van der Waals surface area contributed by atoms with E-state index in [1.807, 2.05) is 29.2 Å². The van der Waals surface area contributed by atoms with E-state index >= 15 is 8.78 Å². The van der Waals surface area contributed by atoms with Gasteiger partial charge in [0.15, 0.2) is 5.79 Å². The summed E-state index contributed by atoms with van der Waals surface area (Å²) in [5, 5.41) is 4.90. The number of alkyl carbamates (subject to hydrolysis) is 2. The molecule has 0 radical (unpaired) electrons. The number of nitrogens with one attached hydrogen (secondary N) is 4. The van der Waals surface area contributed by atoms with Crippen molar-refractivity contribution in [2.24, 2.45) is 5.92 Å². The number of aromatic nitrogens is 4. The summed E-state index contributed by atoms with van der Waals surface area (Å²) in [5.74, 6) is -3.61. The van der Waals surface area contributed by atoms with Gasteiger partial charge < -0.3 is 49.3 Å². The lowest BCUT2D eigenvalue weighted by molar-refractivity contribution is -0.152. The summed E-state index contributed by atoms with van der Waals surface area (Å²) in [4.78, 5) is 69.4. The predicted octanol–water partition coefficient (Wildman–Crippen LogP) is 5.52. The molecule has 5 heterocycles. The van der Waals surface area contributed by atoms with E-state index in [-0.39, 0.29) is 61.1 Å². The van der Waals surface area contributed by atoms with Crippen molar-refractivity contribution in [2.75, 3.05) is 47.1 Å². The Balaban J connectivity index is 0.892. The van der Waals surface area contributed by atoms with Gasteiger partial charge in [-0.15, -0.1) is 0 Å². The van der Waals surface area contributed by atoms with Gasteiger partial charge in [-0.2, -0.15) is 8.78 Å². The second kappa shape index (κ2) is 14.7. The number of carbonyl (C=O) groups excluding carboxylic acids is 4. The highest BCUT2D eigenvalue weighted by atomic mass is 19.3. The number of fused-ring (bicyclic) bond motifs is 6. The molecule has 0 unspecified atom stereocenters. The average molecular weight is 837 g/mol. The molecule has 4 amide bonds. The third kappa shape index (κ3) is 6.55. The zero-order chi connectivity index (χ0) is 42.2. The number of alkyl halides is 2. The lowest BCUT2D eigenvalue weighted by atomic mass is 9.98. The molecule has 2 aromatic heterocycles. The molecule has 10 rings (SSSR count). The summed E-state index contributed by atoms with van der Waals surface area (Å²) in [6.07, 6.45) is 3.15. The first kappa shape index (κ1) is 38.8. The molecule has 3 aliphatic heterocycles. The fraction of sp³-hybridized carbons (Fsp3) is 0.395. The molecule has 61 heavy (non-hydrogen) atoms. The summed E-state index contributed by atoms with van der Waals surface area (Å²) < 4.78 is 54.1. The minimum Gasteiger partial charge on any atom is -0.453 e. The number of H-pyrrole nitrogens is 2. The van der Waals surface area contributed by atoms with E-state index in [0.717, 1.165) is 30.3 Å². The summed E-state index contributed by atoms with van der Waals surface area (Å²) in [6, 6.07) is 14.8. The summed E-state index contributed by atoms with van der Waals surface area (Å²) in [7, 11) is 2.45. The molecule has 1 saturated carbocycles. The zero-order valence-electron chi connectivity index (χ0n) is 33.3. The van der Waals surface area contributed by atoms with E-state index in [9.17, 15) is 19.2 Å². The number of carbonyl (C=O) groups is 4. The van der Waals surface area contributed by atoms with Crippen LogP contribution in [0, 0.1) is 5.92 Å². The van der Waals surface area contributed by atoms with Crippen LogP contribution < -0.4 is 10.6 Å². The van der Waals surface area contributed by atoms with Gasteiger partial charge in [0.1, 0.15) is 24.7 Å². The summed E-state index contributed by atoms with van der Waals surface area (Å²) in [6.45, 7) is 0.384. The Kier molecular flexibility index (Phi) is 9.32. The van der Waals surface area contributed by atoms with Crippen LogP contribution in [0.3, 0.4) is 0 Å². The maximum Gasteiger partial charge on any atom is 0.407 e. The first-order chi connectivity index (χ1) is 29.4. The maximum atomic E-state index is 16.5. The number of likely N-dealkylation sites (tertiary alicyclic amines) is 2. The first-order valence-corrected chi connectivity index (χ1v) is 20.2. The van der Waals surface area contributed by atoms with Crippen LogP contribution in [0.1, 0.15) is 60.5 Å². The highest BCUT2D eigenvalue weighted by Gasteiger charge is 2.52. The summed E-state index contributed by atoms with van der Waals surface area (Å²) in [5.41, 5.74) is 4.36. The average Bonchev–Trinajstić information content (AvgIpc) is 4.15. The quantitative estimate of drug-likeness (QED) is 0.155. The van der Waals surface area contributed by atoms with E-state index in [2.05, 4.69) is 35.1 Å². The Morgan fingerprint density at radius 2 is 1.49 bits per heavy atom. The number of halogens is 2. The molecule has 316 valence electrons. The van der Waals surface area contributed by atoms with Gasteiger partial charge in [0.2, 0.25) is 11.8 Å². The number of methoxy groups -OCH3 is 2. The van der Waals surface area contributed by atoms with Crippen LogP contribution in [0.15, 0.2) is 60.8 Å². The topological polar surface area (TPSA) is 193 Å². The monoisotopic (exact) mass is 836 g/mol. The number of aromatic amines is 2. The zero-order valence-corrected chi connectivity index (χ0v) is 33.3. The normalized spacial score (nSPS) is 22.8. The van der Waals surface area contributed by atoms with Gasteiger partial charge in [0, 0.05) is 29.2 Å². The van der Waals surface area contributed by atoms with E-state index in [0.29, 0.717) is 58.3 Å². The predicted molar refractivity (Wildman–Crippen MR) is 213 cm³/mol. The van der Waals surface area contributed by atoms with E-state index in [1.54, 1.807) is 24.4 Å². The molecule has 4 fully saturated rings. The van der Waals surface area contributed by atoms with Crippen molar-refractivity contribution in [1.82, 2.24) is 40.4 Å². The van der Waals surface area contributed by atoms with E-state index in [4.69, 9.17) is 14.5 Å². The Hall–Kier alpha value is -6.40. The van der Waals surface area contributed by atoms with Gasteiger partial charge in [-0.3, -0.25) is 9.59 Å². The van der Waals surface area contributed by atoms with Crippen LogP contribution in [-0.2, 0) is 34.5 Å². The number of benzene rings is 3. The molecule has 3 aromatic carbocycles. The van der Waals surface area contributed by atoms with E-state index in [1.165, 1.54) is 31.3 Å². The molecular weight excluding hydrogens is 795 g/mol. The Bertz CT molecular complexity index is 2610. The Labute approximate surface area is 347 Å². The van der Waals surface area contributed by atoms with Gasteiger partial charge in [-0.25, -0.2) is 19.6 Å². The molecule has 2 aliphatic carbocycles. The number of hydrogen-bond acceptors (Lipinski definition) is 10. The molecule has 5 aliphatic rings. The molecule has 16 nitrogen and oxygen atoms in total. The maximum absolute atomic E-state index is 16.5. The first-order valence-electron chi connectivity index (χ1n) is 20.2. The molecule has 4 atom stereocenters. The van der Waals surface area contributed by atoms with Crippen LogP contribution in [0.25, 0.3) is 44.5 Å². The number of nitrogens with zero attached hydrogens (tertiary/aromatic N) is 4. The number of rotatable bonds is 8. The van der Waals surface area contributed by atoms with Gasteiger partial charge in [-0.05, 0) is 71.7 Å². The van der Waals surface area contributed by atoms with Crippen molar-refractivity contribution in [3.05, 3.63) is 83.6 Å². The van der Waals surface area contributed by atoms with Gasteiger partial charge in [-0.1, -0.05) is 30.3 Å². The lowest BCUT2D eigenvalue weighted by Crippen LogP contribution is -2.45. The van der Waals surface area contributed by atoms with Crippen molar-refractivity contribution in [3.63, 3.8) is 0 Å². The number of piperidine rings is 1. The molecule has 5 aromatic rings. The van der Waals surface area contributed by atoms with Crippen molar-refractivity contribution < 1.29 is 46.9 Å². The number of hydrogen-bond donors (Lipinski definition) is 4. The van der Waals surface area contributed by atoms with Crippen LogP contribution in [0.5, 0.6) is 0 Å². The minimum absolute atomic E-state index is 0.0651. The van der Waals surface area contributed by atoms with Gasteiger partial charge in [0.05, 0.1) is 69.0 Å². The second-order valence-electron chi connectivity index (χ2n) is 16.1. The smallest absolute Gasteiger partial charge is 0.407 e. The van der Waals surface area contributed by atoms with Crippen LogP contribution in [-0.4, -0.2) is 113 Å². The highest BCUT2D eigenvalue weighted by molar-refractivity contribution is 5.88. The van der Waals surface area contributed by atoms with Crippen LogP contribution in [0.2, 0.25) is 0 Å². The van der Waals surface area contributed by atoms with Gasteiger partial charge in [0.25, 0.3) is 5.92 Å². The third-order valence-corrected chi connectivity index (χ3v) is 12.8. The Morgan fingerprint density at radius 3 is 2.21 bits per heavy atom. The molecular formula is C43H42F2N8O8. The lowest BCUT2D eigenvalue weighted by Gasteiger charge is -2.34.